The lowest BCUT2D eigenvalue weighted by molar-refractivity contribution is -0.00732. The van der Waals surface area contributed by atoms with Crippen LogP contribution in [0.2, 0.25) is 0 Å². The van der Waals surface area contributed by atoms with Crippen LogP contribution in [0.3, 0.4) is 0 Å². The molecule has 0 aromatic heterocycles. The molecule has 2 unspecified atom stereocenters. The maximum atomic E-state index is 14.7. The van der Waals surface area contributed by atoms with E-state index in [4.69, 9.17) is 9.47 Å². The molecule has 0 saturated carbocycles. The minimum absolute atomic E-state index is 0.00192. The topological polar surface area (TPSA) is 18.5 Å². The van der Waals surface area contributed by atoms with Crippen molar-refractivity contribution in [2.45, 2.75) is 38.7 Å². The zero-order valence-corrected chi connectivity index (χ0v) is 16.0. The average molecular weight is 390 g/mol. The van der Waals surface area contributed by atoms with Gasteiger partial charge in [0.1, 0.15) is 11.6 Å². The van der Waals surface area contributed by atoms with Crippen molar-refractivity contribution in [2.75, 3.05) is 13.2 Å². The van der Waals surface area contributed by atoms with E-state index in [0.717, 1.165) is 19.3 Å². The van der Waals surface area contributed by atoms with Crippen molar-refractivity contribution in [3.05, 3.63) is 66.0 Å². The molecule has 28 heavy (non-hydrogen) atoms. The largest absolute Gasteiger partial charge is 0.493 e. The Hall–Kier alpha value is -2.27. The van der Waals surface area contributed by atoms with Crippen molar-refractivity contribution in [2.24, 2.45) is 5.92 Å². The molecular weight excluding hydrogens is 365 g/mol. The predicted octanol–water partition coefficient (Wildman–Crippen LogP) is 6.60. The Bertz CT molecular complexity index is 827. The lowest BCUT2D eigenvalue weighted by atomic mass is 9.93. The van der Waals surface area contributed by atoms with Crippen LogP contribution in [0.5, 0.6) is 5.75 Å². The van der Waals surface area contributed by atoms with Gasteiger partial charge < -0.3 is 9.47 Å². The molecule has 2 nitrogen and oxygen atoms in total. The molecule has 2 aromatic rings. The van der Waals surface area contributed by atoms with Gasteiger partial charge in [-0.15, -0.1) is 6.58 Å². The van der Waals surface area contributed by atoms with Crippen LogP contribution >= 0.6 is 0 Å². The van der Waals surface area contributed by atoms with Crippen molar-refractivity contribution in [3.63, 3.8) is 0 Å². The summed E-state index contributed by atoms with van der Waals surface area (Å²) in [5.41, 5.74) is 0.0596. The summed E-state index contributed by atoms with van der Waals surface area (Å²) in [5.74, 6) is -2.09. The lowest BCUT2D eigenvalue weighted by Gasteiger charge is -2.28. The van der Waals surface area contributed by atoms with Gasteiger partial charge in [-0.25, -0.2) is 13.2 Å². The van der Waals surface area contributed by atoms with Crippen molar-refractivity contribution >= 4 is 0 Å². The van der Waals surface area contributed by atoms with E-state index in [2.05, 4.69) is 6.58 Å². The highest BCUT2D eigenvalue weighted by Gasteiger charge is 2.26. The van der Waals surface area contributed by atoms with Crippen LogP contribution in [0.1, 0.15) is 44.3 Å². The first kappa shape index (κ1) is 20.5. The van der Waals surface area contributed by atoms with E-state index in [9.17, 15) is 13.2 Å². The SMILES string of the molecule is C=CC1CCC(c2ccc(-c3ccc(OCCCC)cc3F)c(F)c2F)OC1. The molecule has 0 bridgehead atoms. The molecule has 1 aliphatic rings. The Morgan fingerprint density at radius 2 is 1.89 bits per heavy atom. The lowest BCUT2D eigenvalue weighted by Crippen LogP contribution is -2.20. The first-order chi connectivity index (χ1) is 13.5. The number of hydrogen-bond donors (Lipinski definition) is 0. The van der Waals surface area contributed by atoms with E-state index in [1.807, 2.05) is 13.0 Å². The van der Waals surface area contributed by atoms with Gasteiger partial charge in [-0.05, 0) is 31.4 Å². The predicted molar refractivity (Wildman–Crippen MR) is 104 cm³/mol. The van der Waals surface area contributed by atoms with E-state index < -0.39 is 23.6 Å². The van der Waals surface area contributed by atoms with Crippen molar-refractivity contribution in [1.82, 2.24) is 0 Å². The average Bonchev–Trinajstić information content (AvgIpc) is 2.71. The molecule has 1 fully saturated rings. The molecule has 2 aromatic carbocycles. The summed E-state index contributed by atoms with van der Waals surface area (Å²) in [5, 5.41) is 0. The summed E-state index contributed by atoms with van der Waals surface area (Å²) in [4.78, 5) is 0. The van der Waals surface area contributed by atoms with Crippen LogP contribution in [-0.2, 0) is 4.74 Å². The zero-order chi connectivity index (χ0) is 20.1. The molecule has 0 amide bonds. The standard InChI is InChI=1S/C23H25F3O2/c1-3-5-12-27-16-7-8-17(20(24)13-16)18-9-10-19(23(26)22(18)25)21-11-6-15(4-2)14-28-21/h4,7-10,13,15,21H,2-3,5-6,11-12,14H2,1H3. The van der Waals surface area contributed by atoms with Crippen molar-refractivity contribution < 1.29 is 22.6 Å². The smallest absolute Gasteiger partial charge is 0.167 e. The van der Waals surface area contributed by atoms with E-state index in [0.29, 0.717) is 25.4 Å². The number of benzene rings is 2. The molecule has 0 N–H and O–H groups in total. The first-order valence-electron chi connectivity index (χ1n) is 9.69. The minimum Gasteiger partial charge on any atom is -0.493 e. The maximum Gasteiger partial charge on any atom is 0.167 e. The summed E-state index contributed by atoms with van der Waals surface area (Å²) < 4.78 is 55.0. The third-order valence-electron chi connectivity index (χ3n) is 5.10. The molecule has 3 rings (SSSR count). The van der Waals surface area contributed by atoms with Gasteiger partial charge in [-0.3, -0.25) is 0 Å². The molecule has 2 atom stereocenters. The van der Waals surface area contributed by atoms with E-state index in [1.54, 1.807) is 6.07 Å². The number of rotatable bonds is 7. The van der Waals surface area contributed by atoms with Gasteiger partial charge in [-0.1, -0.05) is 31.6 Å². The molecule has 0 aliphatic carbocycles. The molecule has 1 saturated heterocycles. The fourth-order valence-corrected chi connectivity index (χ4v) is 3.36. The third-order valence-corrected chi connectivity index (χ3v) is 5.10. The van der Waals surface area contributed by atoms with Gasteiger partial charge in [-0.2, -0.15) is 0 Å². The Balaban J connectivity index is 1.82. The molecule has 1 heterocycles. The van der Waals surface area contributed by atoms with Crippen molar-refractivity contribution in [1.29, 1.82) is 0 Å². The zero-order valence-electron chi connectivity index (χ0n) is 16.0. The van der Waals surface area contributed by atoms with Gasteiger partial charge >= 0.3 is 0 Å². The molecule has 0 radical (unpaired) electrons. The molecule has 5 heteroatoms. The summed E-state index contributed by atoms with van der Waals surface area (Å²) in [6.45, 7) is 6.69. The summed E-state index contributed by atoms with van der Waals surface area (Å²) in [7, 11) is 0. The van der Waals surface area contributed by atoms with Gasteiger partial charge in [0, 0.05) is 28.7 Å². The van der Waals surface area contributed by atoms with Gasteiger partial charge in [0.05, 0.1) is 19.3 Å². The molecule has 0 spiro atoms. The second-order valence-electron chi connectivity index (χ2n) is 7.07. The second kappa shape index (κ2) is 9.28. The van der Waals surface area contributed by atoms with Crippen LogP contribution < -0.4 is 4.74 Å². The Kier molecular flexibility index (Phi) is 6.79. The van der Waals surface area contributed by atoms with E-state index in [-0.39, 0.29) is 22.6 Å². The van der Waals surface area contributed by atoms with Gasteiger partial charge in [0.25, 0.3) is 0 Å². The van der Waals surface area contributed by atoms with Gasteiger partial charge in [0.15, 0.2) is 11.6 Å². The molecular formula is C23H25F3O2. The maximum absolute atomic E-state index is 14.7. The van der Waals surface area contributed by atoms with Crippen LogP contribution in [-0.4, -0.2) is 13.2 Å². The van der Waals surface area contributed by atoms with Crippen LogP contribution in [0.15, 0.2) is 43.0 Å². The summed E-state index contributed by atoms with van der Waals surface area (Å²) >= 11 is 0. The molecule has 150 valence electrons. The number of hydrogen-bond acceptors (Lipinski definition) is 2. The highest BCUT2D eigenvalue weighted by Crippen LogP contribution is 2.36. The quantitative estimate of drug-likeness (QED) is 0.391. The fourth-order valence-electron chi connectivity index (χ4n) is 3.36. The van der Waals surface area contributed by atoms with Crippen molar-refractivity contribution in [3.8, 4) is 16.9 Å². The fraction of sp³-hybridized carbons (Fsp3) is 0.391. The number of ether oxygens (including phenoxy) is 2. The minimum atomic E-state index is -1.06. The monoisotopic (exact) mass is 390 g/mol. The van der Waals surface area contributed by atoms with Gasteiger partial charge in [0.2, 0.25) is 0 Å². The van der Waals surface area contributed by atoms with Crippen LogP contribution in [0.4, 0.5) is 13.2 Å². The number of unbranched alkanes of at least 4 members (excludes halogenated alkanes) is 1. The second-order valence-corrected chi connectivity index (χ2v) is 7.07. The molecule has 1 aliphatic heterocycles. The summed E-state index contributed by atoms with van der Waals surface area (Å²) in [6.07, 6.45) is 4.54. The Morgan fingerprint density at radius 1 is 1.11 bits per heavy atom. The normalized spacial score (nSPS) is 19.4. The summed E-state index contributed by atoms with van der Waals surface area (Å²) in [6, 6.07) is 7.08. The van der Waals surface area contributed by atoms with E-state index >= 15 is 0 Å². The third kappa shape index (κ3) is 4.41. The van der Waals surface area contributed by atoms with Crippen LogP contribution in [0, 0.1) is 23.4 Å². The highest BCUT2D eigenvalue weighted by atomic mass is 19.2. The Labute approximate surface area is 164 Å². The first-order valence-corrected chi connectivity index (χ1v) is 9.69. The Morgan fingerprint density at radius 3 is 2.54 bits per heavy atom. The highest BCUT2D eigenvalue weighted by molar-refractivity contribution is 5.66. The number of halogens is 3. The van der Waals surface area contributed by atoms with Crippen LogP contribution in [0.25, 0.3) is 11.1 Å². The van der Waals surface area contributed by atoms with E-state index in [1.165, 1.54) is 24.3 Å².